The van der Waals surface area contributed by atoms with Gasteiger partial charge in [-0.15, -0.1) is 0 Å². The summed E-state index contributed by atoms with van der Waals surface area (Å²) in [4.78, 5) is 27.6. The van der Waals surface area contributed by atoms with Crippen LogP contribution in [0.25, 0.3) is 11.1 Å². The van der Waals surface area contributed by atoms with Crippen LogP contribution in [0.4, 0.5) is 4.79 Å². The average Bonchev–Trinajstić information content (AvgIpc) is 2.70. The van der Waals surface area contributed by atoms with Gasteiger partial charge in [0.25, 0.3) is 0 Å². The molecule has 1 aromatic carbocycles. The molecule has 0 radical (unpaired) electrons. The molecule has 144 valence electrons. The highest BCUT2D eigenvalue weighted by molar-refractivity contribution is 5.90. The lowest BCUT2D eigenvalue weighted by Crippen LogP contribution is -2.27. The zero-order chi connectivity index (χ0) is 19.5. The molecule has 0 saturated heterocycles. The number of ether oxygens (including phenoxy) is 2. The van der Waals surface area contributed by atoms with Crippen molar-refractivity contribution in [2.75, 3.05) is 13.7 Å². The lowest BCUT2D eigenvalue weighted by molar-refractivity contribution is 0.0600. The molecule has 0 aliphatic heterocycles. The highest BCUT2D eigenvalue weighted by atomic mass is 16.6. The summed E-state index contributed by atoms with van der Waals surface area (Å²) in [5, 5.41) is 2.76. The van der Waals surface area contributed by atoms with Crippen molar-refractivity contribution in [3.05, 3.63) is 48.3 Å². The monoisotopic (exact) mass is 370 g/mol. The Morgan fingerprint density at radius 3 is 2.63 bits per heavy atom. The third kappa shape index (κ3) is 6.73. The van der Waals surface area contributed by atoms with Crippen molar-refractivity contribution in [2.24, 2.45) is 0 Å². The number of methoxy groups -OCH3 is 1. The Morgan fingerprint density at radius 1 is 1.04 bits per heavy atom. The number of benzene rings is 1. The van der Waals surface area contributed by atoms with Gasteiger partial charge in [0.2, 0.25) is 0 Å². The van der Waals surface area contributed by atoms with Crippen LogP contribution in [0.3, 0.4) is 0 Å². The minimum Gasteiger partial charge on any atom is -0.465 e. The second kappa shape index (κ2) is 11.0. The van der Waals surface area contributed by atoms with E-state index >= 15 is 0 Å². The van der Waals surface area contributed by atoms with Gasteiger partial charge in [0.15, 0.2) is 0 Å². The van der Waals surface area contributed by atoms with E-state index < -0.39 is 12.1 Å². The van der Waals surface area contributed by atoms with Gasteiger partial charge >= 0.3 is 12.1 Å². The average molecular weight is 370 g/mol. The molecule has 1 aromatic heterocycles. The normalized spacial score (nSPS) is 10.3. The third-order valence-electron chi connectivity index (χ3n) is 4.09. The second-order valence-corrected chi connectivity index (χ2v) is 6.21. The van der Waals surface area contributed by atoms with Crippen LogP contribution < -0.4 is 10.1 Å². The van der Waals surface area contributed by atoms with Crippen LogP contribution in [-0.4, -0.2) is 30.7 Å². The molecule has 2 rings (SSSR count). The molecule has 0 unspecified atom stereocenters. The summed E-state index contributed by atoms with van der Waals surface area (Å²) in [5.74, 6) is -0.0190. The van der Waals surface area contributed by atoms with Crippen LogP contribution in [0.15, 0.2) is 42.7 Å². The lowest BCUT2D eigenvalue weighted by Gasteiger charge is -2.09. The van der Waals surface area contributed by atoms with Crippen LogP contribution >= 0.6 is 0 Å². The molecule has 0 fully saturated rings. The molecular weight excluding hydrogens is 344 g/mol. The molecule has 0 saturated carbocycles. The smallest absolute Gasteiger partial charge is 0.412 e. The fourth-order valence-corrected chi connectivity index (χ4v) is 2.63. The molecule has 0 aliphatic carbocycles. The number of aromatic nitrogens is 1. The van der Waals surface area contributed by atoms with Gasteiger partial charge in [-0.25, -0.2) is 9.59 Å². The topological polar surface area (TPSA) is 77.5 Å². The minimum absolute atomic E-state index is 0.363. The molecule has 0 bridgehead atoms. The Bertz CT molecular complexity index is 761. The molecule has 27 heavy (non-hydrogen) atoms. The van der Waals surface area contributed by atoms with Crippen LogP contribution in [0.5, 0.6) is 5.75 Å². The number of esters is 1. The van der Waals surface area contributed by atoms with Crippen LogP contribution in [0.2, 0.25) is 0 Å². The molecule has 2 aromatic rings. The summed E-state index contributed by atoms with van der Waals surface area (Å²) >= 11 is 0. The summed E-state index contributed by atoms with van der Waals surface area (Å²) in [6, 6.07) is 8.78. The zero-order valence-corrected chi connectivity index (χ0v) is 15.9. The first-order chi connectivity index (χ1) is 13.1. The van der Waals surface area contributed by atoms with Crippen molar-refractivity contribution in [3.8, 4) is 16.9 Å². The maximum Gasteiger partial charge on any atom is 0.412 e. The van der Waals surface area contributed by atoms with E-state index in [1.807, 2.05) is 6.07 Å². The predicted molar refractivity (Wildman–Crippen MR) is 104 cm³/mol. The summed E-state index contributed by atoms with van der Waals surface area (Å²) in [6.07, 6.45) is 8.28. The number of nitrogens with one attached hydrogen (secondary N) is 1. The number of nitrogens with zero attached hydrogens (tertiary/aromatic N) is 1. The minimum atomic E-state index is -0.468. The zero-order valence-electron chi connectivity index (χ0n) is 15.9. The second-order valence-electron chi connectivity index (χ2n) is 6.21. The van der Waals surface area contributed by atoms with E-state index in [0.717, 1.165) is 24.0 Å². The van der Waals surface area contributed by atoms with E-state index in [0.29, 0.717) is 17.9 Å². The molecule has 6 heteroatoms. The number of hydrogen-bond acceptors (Lipinski definition) is 5. The van der Waals surface area contributed by atoms with Gasteiger partial charge in [0, 0.05) is 24.5 Å². The van der Waals surface area contributed by atoms with Gasteiger partial charge in [-0.3, -0.25) is 4.98 Å². The number of unbranched alkanes of at least 4 members (excludes halogenated alkanes) is 4. The summed E-state index contributed by atoms with van der Waals surface area (Å²) in [7, 11) is 1.33. The van der Waals surface area contributed by atoms with Crippen molar-refractivity contribution in [1.29, 1.82) is 0 Å². The number of amides is 1. The highest BCUT2D eigenvalue weighted by Gasteiger charge is 2.09. The maximum atomic E-state index is 11.9. The Kier molecular flexibility index (Phi) is 8.29. The van der Waals surface area contributed by atoms with Gasteiger partial charge in [0.1, 0.15) is 5.75 Å². The summed E-state index contributed by atoms with van der Waals surface area (Å²) in [5.41, 5.74) is 1.89. The molecule has 1 amide bonds. The Hall–Kier alpha value is -2.89. The van der Waals surface area contributed by atoms with Crippen LogP contribution in [0, 0.1) is 0 Å². The van der Waals surface area contributed by atoms with Crippen molar-refractivity contribution in [3.63, 3.8) is 0 Å². The summed E-state index contributed by atoms with van der Waals surface area (Å²) in [6.45, 7) is 2.78. The Labute approximate surface area is 159 Å². The van der Waals surface area contributed by atoms with Crippen LogP contribution in [-0.2, 0) is 4.74 Å². The van der Waals surface area contributed by atoms with Gasteiger partial charge in [-0.2, -0.15) is 0 Å². The first-order valence-corrected chi connectivity index (χ1v) is 9.23. The maximum absolute atomic E-state index is 11.9. The molecular formula is C21H26N2O4. The first-order valence-electron chi connectivity index (χ1n) is 9.23. The number of carbonyl (C=O) groups excluding carboxylic acids is 2. The third-order valence-corrected chi connectivity index (χ3v) is 4.09. The van der Waals surface area contributed by atoms with E-state index in [1.54, 1.807) is 30.5 Å². The van der Waals surface area contributed by atoms with E-state index in [1.165, 1.54) is 32.6 Å². The van der Waals surface area contributed by atoms with Gasteiger partial charge in [-0.1, -0.05) is 44.7 Å². The Morgan fingerprint density at radius 2 is 1.85 bits per heavy atom. The standard InChI is InChI=1S/C21H26N2O4/c1-3-4-5-6-7-11-23-21(25)27-19-10-8-9-16(13-19)17-12-18(15-22-14-17)20(24)26-2/h8-10,12-15H,3-7,11H2,1-2H3,(H,23,25). The fraction of sp³-hybridized carbons (Fsp3) is 0.381. The predicted octanol–water partition coefficient (Wildman–Crippen LogP) is 4.59. The number of rotatable bonds is 9. The van der Waals surface area contributed by atoms with Crippen LogP contribution in [0.1, 0.15) is 49.4 Å². The number of pyridine rings is 1. The fourth-order valence-electron chi connectivity index (χ4n) is 2.63. The molecule has 0 aliphatic rings. The van der Waals surface area contributed by atoms with Gasteiger partial charge < -0.3 is 14.8 Å². The largest absolute Gasteiger partial charge is 0.465 e. The molecule has 6 nitrogen and oxygen atoms in total. The number of hydrogen-bond donors (Lipinski definition) is 1. The van der Waals surface area contributed by atoms with E-state index in [4.69, 9.17) is 9.47 Å². The highest BCUT2D eigenvalue weighted by Crippen LogP contribution is 2.24. The van der Waals surface area contributed by atoms with Gasteiger partial charge in [-0.05, 0) is 30.2 Å². The molecule has 0 spiro atoms. The first kappa shape index (κ1) is 20.4. The van der Waals surface area contributed by atoms with Crippen molar-refractivity contribution in [2.45, 2.75) is 39.0 Å². The Balaban J connectivity index is 1.93. The molecule has 1 heterocycles. The summed E-state index contributed by atoms with van der Waals surface area (Å²) < 4.78 is 10.1. The van der Waals surface area contributed by atoms with E-state index in [-0.39, 0.29) is 0 Å². The molecule has 0 atom stereocenters. The number of carbonyl (C=O) groups is 2. The van der Waals surface area contributed by atoms with E-state index in [2.05, 4.69) is 17.2 Å². The van der Waals surface area contributed by atoms with Crippen molar-refractivity contribution in [1.82, 2.24) is 10.3 Å². The van der Waals surface area contributed by atoms with Gasteiger partial charge in [0.05, 0.1) is 12.7 Å². The lowest BCUT2D eigenvalue weighted by atomic mass is 10.1. The van der Waals surface area contributed by atoms with Crippen molar-refractivity contribution < 1.29 is 19.1 Å². The molecule has 1 N–H and O–H groups in total. The van der Waals surface area contributed by atoms with Crippen molar-refractivity contribution >= 4 is 12.1 Å². The quantitative estimate of drug-likeness (QED) is 0.516. The van der Waals surface area contributed by atoms with E-state index in [9.17, 15) is 9.59 Å². The SMILES string of the molecule is CCCCCCCNC(=O)Oc1cccc(-c2cncc(C(=O)OC)c2)c1.